The number of carbonyl (C=O) groups is 3. The van der Waals surface area contributed by atoms with Gasteiger partial charge in [-0.15, -0.1) is 0 Å². The Kier molecular flexibility index (Phi) is 6.41. The summed E-state index contributed by atoms with van der Waals surface area (Å²) in [5, 5.41) is 2.44. The molecule has 1 rings (SSSR count). The number of carbonyl (C=O) groups excluding carboxylic acids is 3. The molecule has 0 radical (unpaired) electrons. The Balaban J connectivity index is 2.57. The zero-order valence-electron chi connectivity index (χ0n) is 12.0. The first-order valence-electron chi connectivity index (χ1n) is 6.25. The highest BCUT2D eigenvalue weighted by Gasteiger charge is 2.21. The third kappa shape index (κ3) is 5.22. The summed E-state index contributed by atoms with van der Waals surface area (Å²) in [6, 6.07) is 2.87. The molecule has 0 spiro atoms. The minimum atomic E-state index is -0.515. The Bertz CT molecular complexity index is 526. The molecule has 1 heterocycles. The summed E-state index contributed by atoms with van der Waals surface area (Å²) < 4.78 is 10.0. The SMILES string of the molecule is COC(=O)CN(C(=O)CNC(=O)c1ccc(Br)o1)C(C)C. The average molecular weight is 361 g/mol. The van der Waals surface area contributed by atoms with Crippen LogP contribution in [-0.2, 0) is 14.3 Å². The van der Waals surface area contributed by atoms with E-state index >= 15 is 0 Å². The van der Waals surface area contributed by atoms with Crippen LogP contribution in [0.3, 0.4) is 0 Å². The van der Waals surface area contributed by atoms with Gasteiger partial charge in [0, 0.05) is 6.04 Å². The summed E-state index contributed by atoms with van der Waals surface area (Å²) in [4.78, 5) is 36.4. The number of ether oxygens (including phenoxy) is 1. The quantitative estimate of drug-likeness (QED) is 0.769. The number of nitrogens with one attached hydrogen (secondary N) is 1. The van der Waals surface area contributed by atoms with Gasteiger partial charge in [0.25, 0.3) is 5.91 Å². The van der Waals surface area contributed by atoms with Crippen LogP contribution in [0.25, 0.3) is 0 Å². The lowest BCUT2D eigenvalue weighted by molar-refractivity contribution is -0.147. The van der Waals surface area contributed by atoms with Gasteiger partial charge in [-0.2, -0.15) is 0 Å². The van der Waals surface area contributed by atoms with Crippen LogP contribution in [0.4, 0.5) is 0 Å². The van der Waals surface area contributed by atoms with Crippen LogP contribution in [0.15, 0.2) is 21.2 Å². The first kappa shape index (κ1) is 17.2. The van der Waals surface area contributed by atoms with Crippen LogP contribution in [0.2, 0.25) is 0 Å². The van der Waals surface area contributed by atoms with E-state index in [9.17, 15) is 14.4 Å². The van der Waals surface area contributed by atoms with Crippen molar-refractivity contribution in [2.45, 2.75) is 19.9 Å². The predicted molar refractivity (Wildman–Crippen MR) is 77.6 cm³/mol. The van der Waals surface area contributed by atoms with Gasteiger partial charge < -0.3 is 19.4 Å². The fourth-order valence-electron chi connectivity index (χ4n) is 1.54. The van der Waals surface area contributed by atoms with Gasteiger partial charge in [-0.1, -0.05) is 0 Å². The Morgan fingerprint density at radius 1 is 1.38 bits per heavy atom. The Hall–Kier alpha value is -1.83. The number of halogens is 1. The van der Waals surface area contributed by atoms with Gasteiger partial charge in [-0.25, -0.2) is 0 Å². The van der Waals surface area contributed by atoms with E-state index in [1.54, 1.807) is 19.9 Å². The zero-order chi connectivity index (χ0) is 16.0. The van der Waals surface area contributed by atoms with E-state index in [0.29, 0.717) is 4.67 Å². The first-order valence-corrected chi connectivity index (χ1v) is 7.04. The molecule has 8 heteroatoms. The molecule has 0 aliphatic carbocycles. The molecular weight excluding hydrogens is 344 g/mol. The number of rotatable bonds is 6. The van der Waals surface area contributed by atoms with E-state index < -0.39 is 11.9 Å². The van der Waals surface area contributed by atoms with Crippen molar-refractivity contribution < 1.29 is 23.5 Å². The molecule has 0 saturated carbocycles. The molecular formula is C13H17BrN2O5. The molecule has 0 aliphatic heterocycles. The average Bonchev–Trinajstić information content (AvgIpc) is 2.87. The smallest absolute Gasteiger partial charge is 0.325 e. The highest BCUT2D eigenvalue weighted by molar-refractivity contribution is 9.10. The maximum absolute atomic E-state index is 12.0. The van der Waals surface area contributed by atoms with E-state index in [0.717, 1.165) is 0 Å². The van der Waals surface area contributed by atoms with Crippen LogP contribution in [0.1, 0.15) is 24.4 Å². The van der Waals surface area contributed by atoms with E-state index in [1.165, 1.54) is 18.1 Å². The van der Waals surface area contributed by atoms with Gasteiger partial charge in [0.1, 0.15) is 6.54 Å². The van der Waals surface area contributed by atoms with Crippen molar-refractivity contribution in [3.05, 3.63) is 22.6 Å². The Morgan fingerprint density at radius 2 is 2.05 bits per heavy atom. The van der Waals surface area contributed by atoms with Gasteiger partial charge >= 0.3 is 5.97 Å². The molecule has 21 heavy (non-hydrogen) atoms. The Labute approximate surface area is 130 Å². The fourth-order valence-corrected chi connectivity index (χ4v) is 1.85. The molecule has 1 aromatic heterocycles. The minimum absolute atomic E-state index is 0.0961. The maximum atomic E-state index is 12.0. The van der Waals surface area contributed by atoms with Crippen molar-refractivity contribution in [1.82, 2.24) is 10.2 Å². The number of methoxy groups -OCH3 is 1. The van der Waals surface area contributed by atoms with Crippen LogP contribution >= 0.6 is 15.9 Å². The third-order valence-electron chi connectivity index (χ3n) is 2.67. The number of nitrogens with zero attached hydrogens (tertiary/aromatic N) is 1. The lowest BCUT2D eigenvalue weighted by Gasteiger charge is -2.25. The summed E-state index contributed by atoms with van der Waals surface area (Å²) in [5.74, 6) is -1.30. The van der Waals surface area contributed by atoms with Gasteiger partial charge in [0.15, 0.2) is 10.4 Å². The predicted octanol–water partition coefficient (Wildman–Crippen LogP) is 1.18. The van der Waals surface area contributed by atoms with Gasteiger partial charge in [0.2, 0.25) is 5.91 Å². The summed E-state index contributed by atoms with van der Waals surface area (Å²) in [7, 11) is 1.25. The van der Waals surface area contributed by atoms with Crippen molar-refractivity contribution >= 4 is 33.7 Å². The second-order valence-corrected chi connectivity index (χ2v) is 5.26. The molecule has 0 fully saturated rings. The van der Waals surface area contributed by atoms with Crippen molar-refractivity contribution in [2.24, 2.45) is 0 Å². The number of hydrogen-bond donors (Lipinski definition) is 1. The standard InChI is InChI=1S/C13H17BrN2O5/c1-8(2)16(7-12(18)20-3)11(17)6-15-13(19)9-4-5-10(14)21-9/h4-5,8H,6-7H2,1-3H3,(H,15,19). The molecule has 7 nitrogen and oxygen atoms in total. The zero-order valence-corrected chi connectivity index (χ0v) is 13.6. The van der Waals surface area contributed by atoms with Gasteiger partial charge in [-0.3, -0.25) is 14.4 Å². The lowest BCUT2D eigenvalue weighted by Crippen LogP contribution is -2.46. The molecule has 0 bridgehead atoms. The van der Waals surface area contributed by atoms with Crippen molar-refractivity contribution in [3.63, 3.8) is 0 Å². The van der Waals surface area contributed by atoms with E-state index in [-0.39, 0.29) is 30.8 Å². The highest BCUT2D eigenvalue weighted by atomic mass is 79.9. The number of esters is 1. The van der Waals surface area contributed by atoms with E-state index in [2.05, 4.69) is 26.0 Å². The molecule has 2 amide bonds. The summed E-state index contributed by atoms with van der Waals surface area (Å²) in [6.07, 6.45) is 0. The Morgan fingerprint density at radius 3 is 2.52 bits per heavy atom. The largest absolute Gasteiger partial charge is 0.468 e. The van der Waals surface area contributed by atoms with Crippen LogP contribution in [0.5, 0.6) is 0 Å². The number of hydrogen-bond acceptors (Lipinski definition) is 5. The molecule has 116 valence electrons. The first-order chi connectivity index (χ1) is 9.85. The molecule has 0 aliphatic rings. The minimum Gasteiger partial charge on any atom is -0.468 e. The normalized spacial score (nSPS) is 10.3. The van der Waals surface area contributed by atoms with Crippen LogP contribution in [-0.4, -0.2) is 48.9 Å². The van der Waals surface area contributed by atoms with E-state index in [1.807, 2.05) is 0 Å². The molecule has 0 saturated heterocycles. The molecule has 0 atom stereocenters. The van der Waals surface area contributed by atoms with Crippen LogP contribution < -0.4 is 5.32 Å². The monoisotopic (exact) mass is 360 g/mol. The van der Waals surface area contributed by atoms with Gasteiger partial charge in [-0.05, 0) is 41.9 Å². The third-order valence-corrected chi connectivity index (χ3v) is 3.09. The van der Waals surface area contributed by atoms with E-state index in [4.69, 9.17) is 4.42 Å². The highest BCUT2D eigenvalue weighted by Crippen LogP contribution is 2.13. The molecule has 0 aromatic carbocycles. The topological polar surface area (TPSA) is 88.9 Å². The van der Waals surface area contributed by atoms with Crippen molar-refractivity contribution in [2.75, 3.05) is 20.2 Å². The number of furan rings is 1. The molecule has 0 unspecified atom stereocenters. The van der Waals surface area contributed by atoms with Crippen molar-refractivity contribution in [1.29, 1.82) is 0 Å². The summed E-state index contributed by atoms with van der Waals surface area (Å²) in [5.41, 5.74) is 0. The van der Waals surface area contributed by atoms with Crippen LogP contribution in [0, 0.1) is 0 Å². The fraction of sp³-hybridized carbons (Fsp3) is 0.462. The lowest BCUT2D eigenvalue weighted by atomic mass is 10.3. The second kappa shape index (κ2) is 7.82. The van der Waals surface area contributed by atoms with Gasteiger partial charge in [0.05, 0.1) is 13.7 Å². The molecule has 1 N–H and O–H groups in total. The summed E-state index contributed by atoms with van der Waals surface area (Å²) >= 11 is 3.08. The molecule has 1 aromatic rings. The summed E-state index contributed by atoms with van der Waals surface area (Å²) in [6.45, 7) is 3.15. The number of amides is 2. The maximum Gasteiger partial charge on any atom is 0.325 e. The second-order valence-electron chi connectivity index (χ2n) is 4.48. The van der Waals surface area contributed by atoms with Crippen molar-refractivity contribution in [3.8, 4) is 0 Å².